The van der Waals surface area contributed by atoms with Gasteiger partial charge < -0.3 is 5.32 Å². The summed E-state index contributed by atoms with van der Waals surface area (Å²) in [6, 6.07) is 14.4. The number of sulfonamides is 2. The molecule has 3 rings (SSSR count). The van der Waals surface area contributed by atoms with Gasteiger partial charge in [-0.2, -0.15) is 0 Å². The first-order valence-electron chi connectivity index (χ1n) is 9.22. The van der Waals surface area contributed by atoms with Gasteiger partial charge in [-0.15, -0.1) is 0 Å². The number of hydrogen-bond acceptors (Lipinski definition) is 6. The number of carbonyl (C=O) groups excluding carboxylic acids is 1. The van der Waals surface area contributed by atoms with E-state index in [0.29, 0.717) is 0 Å². The second-order valence-electron chi connectivity index (χ2n) is 6.76. The number of pyridine rings is 1. The van der Waals surface area contributed by atoms with Crippen molar-refractivity contribution >= 4 is 66.3 Å². The van der Waals surface area contributed by atoms with Gasteiger partial charge in [0.05, 0.1) is 21.9 Å². The van der Waals surface area contributed by atoms with E-state index in [9.17, 15) is 21.6 Å². The van der Waals surface area contributed by atoms with Crippen LogP contribution in [0, 0.1) is 0 Å². The Bertz CT molecular complexity index is 1370. The van der Waals surface area contributed by atoms with E-state index in [1.165, 1.54) is 54.7 Å². The molecule has 0 spiro atoms. The van der Waals surface area contributed by atoms with Crippen LogP contribution in [0.15, 0.2) is 71.8 Å². The highest BCUT2D eigenvalue weighted by Crippen LogP contribution is 2.30. The number of nitrogens with zero attached hydrogens (tertiary/aromatic N) is 2. The zero-order valence-electron chi connectivity index (χ0n) is 17.1. The van der Waals surface area contributed by atoms with Gasteiger partial charge in [0.15, 0.2) is 0 Å². The van der Waals surface area contributed by atoms with Crippen LogP contribution in [0.2, 0.25) is 10.0 Å². The fourth-order valence-electron chi connectivity index (χ4n) is 2.73. The largest absolute Gasteiger partial charge is 0.325 e. The van der Waals surface area contributed by atoms with Crippen molar-refractivity contribution in [2.45, 2.75) is 4.90 Å². The first-order chi connectivity index (χ1) is 15.5. The molecule has 33 heavy (non-hydrogen) atoms. The van der Waals surface area contributed by atoms with Gasteiger partial charge in [-0.3, -0.25) is 13.8 Å². The summed E-state index contributed by atoms with van der Waals surface area (Å²) < 4.78 is 52.6. The average molecular weight is 529 g/mol. The van der Waals surface area contributed by atoms with Gasteiger partial charge in [0, 0.05) is 16.9 Å². The molecule has 2 N–H and O–H groups in total. The van der Waals surface area contributed by atoms with Crippen LogP contribution >= 0.6 is 23.2 Å². The predicted octanol–water partition coefficient (Wildman–Crippen LogP) is 3.59. The average Bonchev–Trinajstić information content (AvgIpc) is 2.74. The van der Waals surface area contributed by atoms with Crippen molar-refractivity contribution < 1.29 is 21.6 Å². The second-order valence-corrected chi connectivity index (χ2v) is 11.2. The normalized spacial score (nSPS) is 11.6. The highest BCUT2D eigenvalue weighted by atomic mass is 35.5. The summed E-state index contributed by atoms with van der Waals surface area (Å²) in [5.41, 5.74) is 0.325. The van der Waals surface area contributed by atoms with Crippen LogP contribution in [0.4, 0.5) is 17.2 Å². The molecule has 9 nitrogen and oxygen atoms in total. The van der Waals surface area contributed by atoms with Gasteiger partial charge in [-0.1, -0.05) is 29.3 Å². The number of hydrogen-bond donors (Lipinski definition) is 2. The molecule has 2 aromatic carbocycles. The molecular weight excluding hydrogens is 511 g/mol. The smallest absolute Gasteiger partial charge is 0.263 e. The summed E-state index contributed by atoms with van der Waals surface area (Å²) in [6.07, 6.45) is 2.39. The molecule has 0 bridgehead atoms. The molecule has 0 unspecified atom stereocenters. The minimum absolute atomic E-state index is 0.0466. The van der Waals surface area contributed by atoms with Crippen LogP contribution in [0.25, 0.3) is 0 Å². The van der Waals surface area contributed by atoms with E-state index in [2.05, 4.69) is 15.0 Å². The van der Waals surface area contributed by atoms with Gasteiger partial charge >= 0.3 is 0 Å². The third-order valence-electron chi connectivity index (χ3n) is 4.22. The molecule has 0 fully saturated rings. The number of rotatable bonds is 8. The number of benzene rings is 2. The molecule has 0 radical (unpaired) electrons. The molecule has 1 amide bonds. The lowest BCUT2D eigenvalue weighted by Gasteiger charge is -2.23. The van der Waals surface area contributed by atoms with Crippen molar-refractivity contribution in [2.75, 3.05) is 27.1 Å². The van der Waals surface area contributed by atoms with Crippen LogP contribution in [0.5, 0.6) is 0 Å². The second kappa shape index (κ2) is 9.96. The molecule has 0 saturated carbocycles. The summed E-state index contributed by atoms with van der Waals surface area (Å²) in [5.74, 6) is -0.505. The molecule has 1 aromatic heterocycles. The Morgan fingerprint density at radius 3 is 2.30 bits per heavy atom. The number of nitrogens with one attached hydrogen (secondary N) is 2. The number of carbonyl (C=O) groups is 1. The minimum atomic E-state index is -3.88. The van der Waals surface area contributed by atoms with Crippen molar-refractivity contribution in [3.05, 3.63) is 76.9 Å². The van der Waals surface area contributed by atoms with E-state index in [1.807, 2.05) is 0 Å². The maximum atomic E-state index is 12.5. The van der Waals surface area contributed by atoms with E-state index >= 15 is 0 Å². The maximum Gasteiger partial charge on any atom is 0.263 e. The van der Waals surface area contributed by atoms with E-state index in [0.717, 1.165) is 10.6 Å². The third kappa shape index (κ3) is 6.57. The van der Waals surface area contributed by atoms with Crippen molar-refractivity contribution in [1.82, 2.24) is 4.98 Å². The topological polar surface area (TPSA) is 126 Å². The Kier molecular flexibility index (Phi) is 7.48. The molecule has 174 valence electrons. The van der Waals surface area contributed by atoms with Crippen LogP contribution in [-0.2, 0) is 24.8 Å². The van der Waals surface area contributed by atoms with Crippen molar-refractivity contribution in [1.29, 1.82) is 0 Å². The Morgan fingerprint density at radius 1 is 1.00 bits per heavy atom. The number of amides is 1. The number of anilines is 3. The van der Waals surface area contributed by atoms with Crippen LogP contribution in [0.3, 0.4) is 0 Å². The summed E-state index contributed by atoms with van der Waals surface area (Å²) in [5, 5.41) is 2.88. The fourth-order valence-corrected chi connectivity index (χ4v) is 5.03. The summed E-state index contributed by atoms with van der Waals surface area (Å²) in [6.45, 7) is -0.569. The SMILES string of the molecule is CS(=O)(=O)N(CC(=O)Nc1ccc(S(=O)(=O)Nc2ccccn2)cc1)c1cc(Cl)ccc1Cl. The standard InChI is InChI=1S/C20H18Cl2N4O5S2/c1-32(28,29)26(18-12-14(21)5-10-17(18)22)13-20(27)24-15-6-8-16(9-7-15)33(30,31)25-19-4-2-3-11-23-19/h2-12H,13H2,1H3,(H,23,25)(H,24,27). The van der Waals surface area contributed by atoms with Crippen molar-refractivity contribution in [3.63, 3.8) is 0 Å². The Morgan fingerprint density at radius 2 is 1.70 bits per heavy atom. The molecule has 0 aliphatic heterocycles. The van der Waals surface area contributed by atoms with Crippen molar-refractivity contribution in [2.24, 2.45) is 0 Å². The quantitative estimate of drug-likeness (QED) is 0.460. The van der Waals surface area contributed by atoms with Crippen LogP contribution in [0.1, 0.15) is 0 Å². The van der Waals surface area contributed by atoms with Crippen LogP contribution in [-0.4, -0.2) is 40.5 Å². The Labute approximate surface area is 201 Å². The van der Waals surface area contributed by atoms with E-state index in [4.69, 9.17) is 23.2 Å². The fraction of sp³-hybridized carbons (Fsp3) is 0.100. The van der Waals surface area contributed by atoms with Gasteiger partial charge in [-0.05, 0) is 54.6 Å². The summed E-state index contributed by atoms with van der Waals surface area (Å²) in [4.78, 5) is 16.4. The third-order valence-corrected chi connectivity index (χ3v) is 7.27. The monoisotopic (exact) mass is 528 g/mol. The van der Waals surface area contributed by atoms with E-state index < -0.39 is 32.5 Å². The lowest BCUT2D eigenvalue weighted by molar-refractivity contribution is -0.114. The molecule has 0 atom stereocenters. The molecule has 13 heteroatoms. The highest BCUT2D eigenvalue weighted by molar-refractivity contribution is 7.92. The highest BCUT2D eigenvalue weighted by Gasteiger charge is 2.23. The lowest BCUT2D eigenvalue weighted by Crippen LogP contribution is -2.37. The van der Waals surface area contributed by atoms with Crippen molar-refractivity contribution in [3.8, 4) is 0 Å². The van der Waals surface area contributed by atoms with Gasteiger partial charge in [0.25, 0.3) is 10.0 Å². The molecule has 0 aliphatic carbocycles. The minimum Gasteiger partial charge on any atom is -0.325 e. The van der Waals surface area contributed by atoms with Gasteiger partial charge in [-0.25, -0.2) is 21.8 Å². The Hall–Kier alpha value is -2.86. The molecule has 0 saturated heterocycles. The molecule has 0 aliphatic rings. The van der Waals surface area contributed by atoms with E-state index in [-0.39, 0.29) is 32.1 Å². The van der Waals surface area contributed by atoms with Gasteiger partial charge in [0.1, 0.15) is 12.4 Å². The number of aromatic nitrogens is 1. The summed E-state index contributed by atoms with van der Waals surface area (Å²) in [7, 11) is -7.75. The zero-order chi connectivity index (χ0) is 24.2. The first-order valence-corrected chi connectivity index (χ1v) is 13.3. The lowest BCUT2D eigenvalue weighted by atomic mass is 10.3. The summed E-state index contributed by atoms with van der Waals surface area (Å²) >= 11 is 12.0. The molecular formula is C20H18Cl2N4O5S2. The number of halogens is 2. The Balaban J connectivity index is 1.74. The molecule has 3 aromatic rings. The van der Waals surface area contributed by atoms with Crippen LogP contribution < -0.4 is 14.3 Å². The predicted molar refractivity (Wildman–Crippen MR) is 129 cm³/mol. The van der Waals surface area contributed by atoms with E-state index in [1.54, 1.807) is 12.1 Å². The maximum absolute atomic E-state index is 12.5. The van der Waals surface area contributed by atoms with Gasteiger partial charge in [0.2, 0.25) is 15.9 Å². The molecule has 1 heterocycles. The zero-order valence-corrected chi connectivity index (χ0v) is 20.2. The first kappa shape index (κ1) is 24.8.